The Bertz CT molecular complexity index is 363. The van der Waals surface area contributed by atoms with Crippen molar-refractivity contribution < 1.29 is 13.2 Å². The Morgan fingerprint density at radius 2 is 1.62 bits per heavy atom. The molecule has 0 aliphatic heterocycles. The number of rotatable bonds is 3. The highest BCUT2D eigenvalue weighted by molar-refractivity contribution is 5.34. The van der Waals surface area contributed by atoms with Crippen molar-refractivity contribution in [3.05, 3.63) is 5.82 Å². The first kappa shape index (κ1) is 12.5. The molecule has 2 N–H and O–H groups in total. The molecule has 0 saturated carbocycles. The highest BCUT2D eigenvalue weighted by Gasteiger charge is 2.35. The molecule has 0 radical (unpaired) electrons. The van der Waals surface area contributed by atoms with Crippen LogP contribution in [0.3, 0.4) is 0 Å². The van der Waals surface area contributed by atoms with Gasteiger partial charge in [-0.25, -0.2) is 0 Å². The zero-order valence-corrected chi connectivity index (χ0v) is 9.05. The van der Waals surface area contributed by atoms with Crippen LogP contribution in [0.15, 0.2) is 0 Å². The second kappa shape index (κ2) is 4.50. The molecule has 0 amide bonds. The standard InChI is InChI=1S/C8H12F3N5/c1-4(2)13-7-15-5(8(9,10)11)14-6(12-3)16-7/h4H,1-3H3,(H2,12,13,14,15,16). The fourth-order valence-electron chi connectivity index (χ4n) is 0.937. The molecule has 0 fully saturated rings. The summed E-state index contributed by atoms with van der Waals surface area (Å²) in [7, 11) is 1.44. The zero-order valence-electron chi connectivity index (χ0n) is 9.05. The molecule has 0 aliphatic carbocycles. The Balaban J connectivity index is 3.11. The van der Waals surface area contributed by atoms with E-state index < -0.39 is 12.0 Å². The third-order valence-electron chi connectivity index (χ3n) is 1.53. The van der Waals surface area contributed by atoms with Crippen LogP contribution in [0.1, 0.15) is 19.7 Å². The monoisotopic (exact) mass is 235 g/mol. The third-order valence-corrected chi connectivity index (χ3v) is 1.53. The number of nitrogens with zero attached hydrogens (tertiary/aromatic N) is 3. The number of nitrogens with one attached hydrogen (secondary N) is 2. The van der Waals surface area contributed by atoms with Crippen LogP contribution in [0.4, 0.5) is 25.1 Å². The van der Waals surface area contributed by atoms with Crippen LogP contribution < -0.4 is 10.6 Å². The first-order chi connectivity index (χ1) is 7.32. The van der Waals surface area contributed by atoms with Crippen LogP contribution in [-0.2, 0) is 6.18 Å². The number of aromatic nitrogens is 3. The van der Waals surface area contributed by atoms with Crippen LogP contribution in [0.5, 0.6) is 0 Å². The summed E-state index contributed by atoms with van der Waals surface area (Å²) in [5, 5.41) is 5.14. The van der Waals surface area contributed by atoms with Gasteiger partial charge in [0.1, 0.15) is 0 Å². The fraction of sp³-hybridized carbons (Fsp3) is 0.625. The molecule has 5 nitrogen and oxygen atoms in total. The molecule has 0 spiro atoms. The van der Waals surface area contributed by atoms with Crippen molar-refractivity contribution >= 4 is 11.9 Å². The topological polar surface area (TPSA) is 62.7 Å². The van der Waals surface area contributed by atoms with E-state index in [2.05, 4.69) is 25.6 Å². The largest absolute Gasteiger partial charge is 0.451 e. The van der Waals surface area contributed by atoms with Gasteiger partial charge < -0.3 is 10.6 Å². The summed E-state index contributed by atoms with van der Waals surface area (Å²) >= 11 is 0. The summed E-state index contributed by atoms with van der Waals surface area (Å²) in [6.07, 6.45) is -4.58. The van der Waals surface area contributed by atoms with E-state index in [-0.39, 0.29) is 17.9 Å². The van der Waals surface area contributed by atoms with Crippen molar-refractivity contribution in [2.75, 3.05) is 17.7 Å². The summed E-state index contributed by atoms with van der Waals surface area (Å²) in [5.41, 5.74) is 0. The smallest absolute Gasteiger partial charge is 0.357 e. The van der Waals surface area contributed by atoms with Gasteiger partial charge in [-0.05, 0) is 13.8 Å². The minimum absolute atomic E-state index is 0.0619. The lowest BCUT2D eigenvalue weighted by Gasteiger charge is -2.11. The summed E-state index contributed by atoms with van der Waals surface area (Å²) in [6.45, 7) is 3.55. The van der Waals surface area contributed by atoms with Crippen LogP contribution in [-0.4, -0.2) is 28.0 Å². The normalized spacial score (nSPS) is 11.7. The maximum Gasteiger partial charge on any atom is 0.451 e. The van der Waals surface area contributed by atoms with Crippen LogP contribution in [0, 0.1) is 0 Å². The summed E-state index contributed by atoms with van der Waals surface area (Å²) < 4.78 is 37.2. The number of anilines is 2. The van der Waals surface area contributed by atoms with Crippen LogP contribution >= 0.6 is 0 Å². The lowest BCUT2D eigenvalue weighted by atomic mass is 10.4. The predicted molar refractivity (Wildman–Crippen MR) is 53.1 cm³/mol. The van der Waals surface area contributed by atoms with Crippen molar-refractivity contribution in [2.45, 2.75) is 26.1 Å². The number of halogens is 3. The number of hydrogen-bond acceptors (Lipinski definition) is 5. The Kier molecular flexibility index (Phi) is 3.51. The van der Waals surface area contributed by atoms with Gasteiger partial charge in [0.15, 0.2) is 0 Å². The SMILES string of the molecule is CNc1nc(NC(C)C)nc(C(F)(F)F)n1. The molecule has 0 saturated heterocycles. The van der Waals surface area contributed by atoms with Crippen molar-refractivity contribution in [2.24, 2.45) is 0 Å². The first-order valence-corrected chi connectivity index (χ1v) is 4.60. The molecular weight excluding hydrogens is 223 g/mol. The van der Waals surface area contributed by atoms with E-state index in [9.17, 15) is 13.2 Å². The quantitative estimate of drug-likeness (QED) is 0.835. The Labute approximate surface area is 90.5 Å². The van der Waals surface area contributed by atoms with E-state index in [1.807, 2.05) is 0 Å². The summed E-state index contributed by atoms with van der Waals surface area (Å²) in [6, 6.07) is -0.0619. The first-order valence-electron chi connectivity index (χ1n) is 4.60. The third kappa shape index (κ3) is 3.21. The van der Waals surface area contributed by atoms with Gasteiger partial charge in [0.25, 0.3) is 0 Å². The molecule has 0 aliphatic rings. The zero-order chi connectivity index (χ0) is 12.3. The second-order valence-electron chi connectivity index (χ2n) is 3.35. The van der Waals surface area contributed by atoms with Gasteiger partial charge in [0.2, 0.25) is 17.7 Å². The maximum atomic E-state index is 12.4. The Morgan fingerprint density at radius 3 is 2.06 bits per heavy atom. The molecular formula is C8H12F3N5. The van der Waals surface area contributed by atoms with Gasteiger partial charge in [-0.1, -0.05) is 0 Å². The van der Waals surface area contributed by atoms with Gasteiger partial charge in [-0.3, -0.25) is 0 Å². The molecule has 8 heteroatoms. The van der Waals surface area contributed by atoms with E-state index in [4.69, 9.17) is 0 Å². The van der Waals surface area contributed by atoms with Crippen molar-refractivity contribution in [3.63, 3.8) is 0 Å². The van der Waals surface area contributed by atoms with Crippen LogP contribution in [0.2, 0.25) is 0 Å². The van der Waals surface area contributed by atoms with Crippen molar-refractivity contribution in [1.82, 2.24) is 15.0 Å². The van der Waals surface area contributed by atoms with Crippen LogP contribution in [0.25, 0.3) is 0 Å². The molecule has 1 rings (SSSR count). The van der Waals surface area contributed by atoms with Crippen molar-refractivity contribution in [3.8, 4) is 0 Å². The summed E-state index contributed by atoms with van der Waals surface area (Å²) in [5.74, 6) is -1.43. The van der Waals surface area contributed by atoms with Gasteiger partial charge >= 0.3 is 6.18 Å². The number of hydrogen-bond donors (Lipinski definition) is 2. The number of alkyl halides is 3. The predicted octanol–water partition coefficient (Wildman–Crippen LogP) is 1.75. The van der Waals surface area contributed by atoms with Gasteiger partial charge in [0, 0.05) is 13.1 Å². The Morgan fingerprint density at radius 1 is 1.06 bits per heavy atom. The van der Waals surface area contributed by atoms with E-state index in [0.29, 0.717) is 0 Å². The van der Waals surface area contributed by atoms with E-state index >= 15 is 0 Å². The molecule has 1 heterocycles. The lowest BCUT2D eigenvalue weighted by molar-refractivity contribution is -0.144. The molecule has 0 aromatic carbocycles. The highest BCUT2D eigenvalue weighted by Crippen LogP contribution is 2.27. The molecule has 1 aromatic heterocycles. The molecule has 0 unspecified atom stereocenters. The van der Waals surface area contributed by atoms with Crippen molar-refractivity contribution in [1.29, 1.82) is 0 Å². The van der Waals surface area contributed by atoms with E-state index in [1.165, 1.54) is 7.05 Å². The summed E-state index contributed by atoms with van der Waals surface area (Å²) in [4.78, 5) is 10.3. The fourth-order valence-corrected chi connectivity index (χ4v) is 0.937. The molecule has 1 aromatic rings. The van der Waals surface area contributed by atoms with E-state index in [0.717, 1.165) is 0 Å². The Hall–Kier alpha value is -1.60. The van der Waals surface area contributed by atoms with Gasteiger partial charge in [0.05, 0.1) is 0 Å². The molecule has 90 valence electrons. The molecule has 0 bridgehead atoms. The lowest BCUT2D eigenvalue weighted by Crippen LogP contribution is -2.19. The maximum absolute atomic E-state index is 12.4. The van der Waals surface area contributed by atoms with E-state index in [1.54, 1.807) is 13.8 Å². The minimum Gasteiger partial charge on any atom is -0.357 e. The average Bonchev–Trinajstić information content (AvgIpc) is 2.14. The van der Waals surface area contributed by atoms with Gasteiger partial charge in [-0.2, -0.15) is 28.1 Å². The second-order valence-corrected chi connectivity index (χ2v) is 3.35. The van der Waals surface area contributed by atoms with Gasteiger partial charge in [-0.15, -0.1) is 0 Å². The highest BCUT2D eigenvalue weighted by atomic mass is 19.4. The average molecular weight is 235 g/mol. The molecule has 16 heavy (non-hydrogen) atoms. The molecule has 0 atom stereocenters. The minimum atomic E-state index is -4.58.